The number of nitrogens with one attached hydrogen (secondary N) is 3. The number of thiazole rings is 1. The van der Waals surface area contributed by atoms with Crippen LogP contribution in [0.25, 0.3) is 0 Å². The van der Waals surface area contributed by atoms with Crippen LogP contribution < -0.4 is 16.0 Å². The number of halogens is 1. The van der Waals surface area contributed by atoms with E-state index in [0.29, 0.717) is 6.54 Å². The number of aryl methyl sites for hydroxylation is 1. The average molecular weight is 516 g/mol. The molecule has 0 amide bonds. The highest BCUT2D eigenvalue weighted by atomic mass is 127. The lowest BCUT2D eigenvalue weighted by molar-refractivity contribution is 0.356. The second-order valence-corrected chi connectivity index (χ2v) is 8.72. The Morgan fingerprint density at radius 2 is 1.93 bits per heavy atom. The van der Waals surface area contributed by atoms with Gasteiger partial charge in [-0.3, -0.25) is 4.99 Å². The molecular formula is C21H34IN5S. The first-order valence-electron chi connectivity index (χ1n) is 9.66. The third-order valence-electron chi connectivity index (χ3n) is 4.18. The predicted molar refractivity (Wildman–Crippen MR) is 132 cm³/mol. The molecule has 0 spiro atoms. The second kappa shape index (κ2) is 12.4. The molecule has 1 heterocycles. The van der Waals surface area contributed by atoms with Crippen molar-refractivity contribution in [3.63, 3.8) is 0 Å². The minimum Gasteiger partial charge on any atom is -0.357 e. The van der Waals surface area contributed by atoms with Crippen LogP contribution in [0, 0.1) is 6.92 Å². The van der Waals surface area contributed by atoms with E-state index in [-0.39, 0.29) is 35.6 Å². The fraction of sp³-hybridized carbons (Fsp3) is 0.524. The number of benzene rings is 1. The van der Waals surface area contributed by atoms with E-state index in [2.05, 4.69) is 79.8 Å². The summed E-state index contributed by atoms with van der Waals surface area (Å²) >= 11 is 1.75. The van der Waals surface area contributed by atoms with Crippen molar-refractivity contribution in [1.29, 1.82) is 0 Å². The van der Waals surface area contributed by atoms with E-state index in [1.165, 1.54) is 10.4 Å². The molecule has 1 atom stereocenters. The van der Waals surface area contributed by atoms with Gasteiger partial charge in [0.15, 0.2) is 5.96 Å². The van der Waals surface area contributed by atoms with Crippen molar-refractivity contribution in [2.24, 2.45) is 4.99 Å². The molecule has 0 bridgehead atoms. The largest absolute Gasteiger partial charge is 0.357 e. The first kappa shape index (κ1) is 24.8. The van der Waals surface area contributed by atoms with Crippen molar-refractivity contribution in [2.45, 2.75) is 52.6 Å². The molecule has 0 aliphatic heterocycles. The number of rotatable bonds is 9. The highest BCUT2D eigenvalue weighted by Crippen LogP contribution is 2.16. The standard InChI is InChI=1S/C21H33N5S.HI/c1-6-22-20(23-13-12-19-24-14-16(2)27-19)25-15-21(4,5)26-17(3)18-10-8-7-9-11-18;/h7-11,14,17,26H,6,12-13,15H2,1-5H3,(H2,22,23,25);1H. The van der Waals surface area contributed by atoms with Crippen molar-refractivity contribution in [2.75, 3.05) is 19.6 Å². The van der Waals surface area contributed by atoms with Crippen LogP contribution in [-0.4, -0.2) is 36.1 Å². The summed E-state index contributed by atoms with van der Waals surface area (Å²) in [5.74, 6) is 0.855. The molecule has 0 aliphatic rings. The Morgan fingerprint density at radius 1 is 1.21 bits per heavy atom. The Kier molecular flexibility index (Phi) is 11.0. The number of nitrogens with zero attached hydrogens (tertiary/aromatic N) is 2. The summed E-state index contributed by atoms with van der Waals surface area (Å²) in [7, 11) is 0. The molecule has 28 heavy (non-hydrogen) atoms. The van der Waals surface area contributed by atoms with Gasteiger partial charge in [0.05, 0.1) is 11.6 Å². The molecular weight excluding hydrogens is 481 g/mol. The van der Waals surface area contributed by atoms with Gasteiger partial charge >= 0.3 is 0 Å². The number of aliphatic imine (C=N–C) groups is 1. The molecule has 5 nitrogen and oxygen atoms in total. The van der Waals surface area contributed by atoms with Crippen LogP contribution in [0.1, 0.15) is 49.2 Å². The van der Waals surface area contributed by atoms with Gasteiger partial charge in [-0.15, -0.1) is 35.3 Å². The Bertz CT molecular complexity index is 715. The highest BCUT2D eigenvalue weighted by molar-refractivity contribution is 14.0. The van der Waals surface area contributed by atoms with Gasteiger partial charge in [-0.05, 0) is 40.2 Å². The zero-order chi connectivity index (χ0) is 19.7. The maximum atomic E-state index is 4.78. The molecule has 0 aliphatic carbocycles. The summed E-state index contributed by atoms with van der Waals surface area (Å²) in [6, 6.07) is 10.8. The maximum absolute atomic E-state index is 4.78. The number of hydrogen-bond donors (Lipinski definition) is 3. The Hall–Kier alpha value is -1.19. The third kappa shape index (κ3) is 8.87. The van der Waals surface area contributed by atoms with Crippen molar-refractivity contribution >= 4 is 41.3 Å². The zero-order valence-electron chi connectivity index (χ0n) is 17.6. The van der Waals surface area contributed by atoms with Crippen LogP contribution in [0.2, 0.25) is 0 Å². The number of guanidine groups is 1. The lowest BCUT2D eigenvalue weighted by Crippen LogP contribution is -2.45. The minimum atomic E-state index is -0.107. The molecule has 156 valence electrons. The summed E-state index contributed by atoms with van der Waals surface area (Å²) < 4.78 is 0. The van der Waals surface area contributed by atoms with Gasteiger partial charge in [0.2, 0.25) is 0 Å². The lowest BCUT2D eigenvalue weighted by atomic mass is 10.0. The number of hydrogen-bond acceptors (Lipinski definition) is 4. The molecule has 7 heteroatoms. The summed E-state index contributed by atoms with van der Waals surface area (Å²) in [5, 5.41) is 11.6. The number of aromatic nitrogens is 1. The topological polar surface area (TPSA) is 61.3 Å². The fourth-order valence-corrected chi connectivity index (χ4v) is 3.67. The summed E-state index contributed by atoms with van der Waals surface area (Å²) in [4.78, 5) is 10.5. The SMILES string of the molecule is CCNC(=NCC(C)(C)NC(C)c1ccccc1)NCCc1ncc(C)s1.I. The Morgan fingerprint density at radius 3 is 2.54 bits per heavy atom. The molecule has 0 fully saturated rings. The van der Waals surface area contributed by atoms with Gasteiger partial charge in [-0.25, -0.2) is 4.98 Å². The molecule has 1 aromatic carbocycles. The zero-order valence-corrected chi connectivity index (χ0v) is 20.7. The average Bonchev–Trinajstić information content (AvgIpc) is 3.05. The molecule has 2 rings (SSSR count). The summed E-state index contributed by atoms with van der Waals surface area (Å²) in [5.41, 5.74) is 1.18. The smallest absolute Gasteiger partial charge is 0.191 e. The second-order valence-electron chi connectivity index (χ2n) is 7.40. The van der Waals surface area contributed by atoms with E-state index < -0.39 is 0 Å². The van der Waals surface area contributed by atoms with Crippen molar-refractivity contribution in [3.05, 3.63) is 52.0 Å². The normalized spacial score (nSPS) is 13.0. The van der Waals surface area contributed by atoms with Gasteiger partial charge < -0.3 is 16.0 Å². The molecule has 0 saturated carbocycles. The van der Waals surface area contributed by atoms with Crippen LogP contribution in [0.5, 0.6) is 0 Å². The first-order chi connectivity index (χ1) is 12.9. The van der Waals surface area contributed by atoms with Crippen molar-refractivity contribution in [3.8, 4) is 0 Å². The molecule has 0 radical (unpaired) electrons. The van der Waals surface area contributed by atoms with Crippen LogP contribution in [0.4, 0.5) is 0 Å². The highest BCUT2D eigenvalue weighted by Gasteiger charge is 2.20. The van der Waals surface area contributed by atoms with E-state index in [0.717, 1.165) is 30.5 Å². The molecule has 1 unspecified atom stereocenters. The van der Waals surface area contributed by atoms with E-state index >= 15 is 0 Å². The quantitative estimate of drug-likeness (QED) is 0.265. The Balaban J connectivity index is 0.00000392. The van der Waals surface area contributed by atoms with Crippen molar-refractivity contribution in [1.82, 2.24) is 20.9 Å². The van der Waals surface area contributed by atoms with Crippen molar-refractivity contribution < 1.29 is 0 Å². The van der Waals surface area contributed by atoms with Crippen LogP contribution in [0.3, 0.4) is 0 Å². The van der Waals surface area contributed by atoms with Crippen LogP contribution in [0.15, 0.2) is 41.5 Å². The fourth-order valence-electron chi connectivity index (χ4n) is 2.88. The maximum Gasteiger partial charge on any atom is 0.191 e. The predicted octanol–water partition coefficient (Wildman–Crippen LogP) is 4.30. The van der Waals surface area contributed by atoms with E-state index in [4.69, 9.17) is 4.99 Å². The van der Waals surface area contributed by atoms with Crippen LogP contribution in [-0.2, 0) is 6.42 Å². The first-order valence-corrected chi connectivity index (χ1v) is 10.5. The monoisotopic (exact) mass is 515 g/mol. The van der Waals surface area contributed by atoms with Gasteiger partial charge in [0.1, 0.15) is 0 Å². The van der Waals surface area contributed by atoms with Gasteiger partial charge in [0.25, 0.3) is 0 Å². The van der Waals surface area contributed by atoms with Gasteiger partial charge in [-0.2, -0.15) is 0 Å². The summed E-state index contributed by atoms with van der Waals surface area (Å²) in [6.45, 7) is 13.1. The lowest BCUT2D eigenvalue weighted by Gasteiger charge is -2.29. The molecule has 2 aromatic rings. The Labute approximate surface area is 190 Å². The van der Waals surface area contributed by atoms with Gasteiger partial charge in [-0.1, -0.05) is 30.3 Å². The van der Waals surface area contributed by atoms with E-state index in [9.17, 15) is 0 Å². The van der Waals surface area contributed by atoms with E-state index in [1.807, 2.05) is 12.3 Å². The minimum absolute atomic E-state index is 0. The summed E-state index contributed by atoms with van der Waals surface area (Å²) in [6.07, 6.45) is 2.84. The molecule has 0 saturated heterocycles. The van der Waals surface area contributed by atoms with E-state index in [1.54, 1.807) is 11.3 Å². The van der Waals surface area contributed by atoms with Gasteiger partial charge in [0, 0.05) is 42.2 Å². The third-order valence-corrected chi connectivity index (χ3v) is 5.16. The molecule has 3 N–H and O–H groups in total. The molecule has 1 aromatic heterocycles. The van der Waals surface area contributed by atoms with Crippen LogP contribution >= 0.6 is 35.3 Å².